The first-order chi connectivity index (χ1) is 3.68. The third kappa shape index (κ3) is 2.23. The summed E-state index contributed by atoms with van der Waals surface area (Å²) in [6.45, 7) is 1.48. The van der Waals surface area contributed by atoms with Gasteiger partial charge in [-0.15, -0.1) is 0 Å². The van der Waals surface area contributed by atoms with Gasteiger partial charge in [-0.3, -0.25) is 4.79 Å². The Hall–Kier alpha value is -0.990. The van der Waals surface area contributed by atoms with Gasteiger partial charge in [0.1, 0.15) is 0 Å². The van der Waals surface area contributed by atoms with Crippen LogP contribution in [0.1, 0.15) is 6.92 Å². The van der Waals surface area contributed by atoms with Crippen molar-refractivity contribution in [3.63, 3.8) is 0 Å². The average molecular weight is 116 g/mol. The largest absolute Gasteiger partial charge is 0.516 e. The van der Waals surface area contributed by atoms with E-state index >= 15 is 0 Å². The Balaban J connectivity index is 3.64. The van der Waals surface area contributed by atoms with Gasteiger partial charge in [0, 0.05) is 0 Å². The molecule has 0 radical (unpaired) electrons. The number of aliphatic hydroxyl groups is 1. The van der Waals surface area contributed by atoms with Crippen LogP contribution < -0.4 is 0 Å². The molecule has 2 N–H and O–H groups in total. The van der Waals surface area contributed by atoms with E-state index in [9.17, 15) is 4.79 Å². The molecule has 0 spiro atoms. The Bertz CT molecular complexity index is 106. The number of hydrogen-bond donors (Lipinski definition) is 2. The highest BCUT2D eigenvalue weighted by atomic mass is 16.4. The lowest BCUT2D eigenvalue weighted by Gasteiger charge is -1.92. The third-order valence-corrected chi connectivity index (χ3v) is 0.764. The Kier molecular flexibility index (Phi) is 2.69. The molecule has 0 amide bonds. The molecule has 1 atom stereocenters. The van der Waals surface area contributed by atoms with Crippen LogP contribution in [0.25, 0.3) is 0 Å². The van der Waals surface area contributed by atoms with Crippen LogP contribution in [0, 0.1) is 5.92 Å². The molecule has 0 bridgehead atoms. The number of carboxylic acids is 1. The van der Waals surface area contributed by atoms with Crippen LogP contribution >= 0.6 is 0 Å². The monoisotopic (exact) mass is 116 g/mol. The van der Waals surface area contributed by atoms with E-state index in [1.165, 1.54) is 13.0 Å². The summed E-state index contributed by atoms with van der Waals surface area (Å²) in [5.74, 6) is -1.53. The molecular formula is C5H8O3. The van der Waals surface area contributed by atoms with Crippen LogP contribution in [0.4, 0.5) is 0 Å². The number of hydrogen-bond acceptors (Lipinski definition) is 2. The van der Waals surface area contributed by atoms with E-state index in [-0.39, 0.29) is 0 Å². The van der Waals surface area contributed by atoms with E-state index in [4.69, 9.17) is 10.2 Å². The molecule has 0 aliphatic heterocycles. The van der Waals surface area contributed by atoms with Gasteiger partial charge in [0.15, 0.2) is 0 Å². The first-order valence-corrected chi connectivity index (χ1v) is 2.22. The minimum Gasteiger partial charge on any atom is -0.516 e. The fourth-order valence-electron chi connectivity index (χ4n) is 0.211. The minimum atomic E-state index is -0.935. The Morgan fingerprint density at radius 3 is 2.38 bits per heavy atom. The van der Waals surface area contributed by atoms with Crippen LogP contribution in [0.5, 0.6) is 0 Å². The normalized spacial score (nSPS) is 14.1. The van der Waals surface area contributed by atoms with Gasteiger partial charge < -0.3 is 10.2 Å². The van der Waals surface area contributed by atoms with Crippen molar-refractivity contribution in [1.82, 2.24) is 0 Å². The second-order valence-corrected chi connectivity index (χ2v) is 1.47. The number of aliphatic hydroxyl groups excluding tert-OH is 1. The maximum atomic E-state index is 9.93. The average Bonchev–Trinajstić information content (AvgIpc) is 1.67. The van der Waals surface area contributed by atoms with E-state index in [0.717, 1.165) is 6.26 Å². The molecule has 0 rings (SSSR count). The van der Waals surface area contributed by atoms with Crippen molar-refractivity contribution in [3.8, 4) is 0 Å². The fourth-order valence-corrected chi connectivity index (χ4v) is 0.211. The van der Waals surface area contributed by atoms with Gasteiger partial charge in [-0.25, -0.2) is 0 Å². The summed E-state index contributed by atoms with van der Waals surface area (Å²) >= 11 is 0. The van der Waals surface area contributed by atoms with Crippen molar-refractivity contribution in [2.75, 3.05) is 0 Å². The molecule has 46 valence electrons. The summed E-state index contributed by atoms with van der Waals surface area (Å²) < 4.78 is 0. The lowest BCUT2D eigenvalue weighted by atomic mass is 10.2. The third-order valence-electron chi connectivity index (χ3n) is 0.764. The van der Waals surface area contributed by atoms with Crippen LogP contribution in [-0.4, -0.2) is 16.2 Å². The number of aliphatic carboxylic acids is 1. The van der Waals surface area contributed by atoms with Crippen molar-refractivity contribution in [1.29, 1.82) is 0 Å². The fraction of sp³-hybridized carbons (Fsp3) is 0.400. The van der Waals surface area contributed by atoms with Gasteiger partial charge in [0.25, 0.3) is 0 Å². The topological polar surface area (TPSA) is 57.5 Å². The van der Waals surface area contributed by atoms with Gasteiger partial charge in [-0.2, -0.15) is 0 Å². The summed E-state index contributed by atoms with van der Waals surface area (Å²) in [6.07, 6.45) is 1.93. The quantitative estimate of drug-likeness (QED) is 0.524. The molecule has 0 saturated carbocycles. The predicted molar refractivity (Wildman–Crippen MR) is 28.6 cm³/mol. The molecule has 0 saturated heterocycles. The van der Waals surface area contributed by atoms with Crippen molar-refractivity contribution in [3.05, 3.63) is 12.3 Å². The van der Waals surface area contributed by atoms with Crippen molar-refractivity contribution >= 4 is 5.97 Å². The summed E-state index contributed by atoms with van der Waals surface area (Å²) in [6, 6.07) is 0. The summed E-state index contributed by atoms with van der Waals surface area (Å²) in [4.78, 5) is 9.93. The molecule has 8 heavy (non-hydrogen) atoms. The second-order valence-electron chi connectivity index (χ2n) is 1.47. The zero-order valence-electron chi connectivity index (χ0n) is 4.53. The van der Waals surface area contributed by atoms with Gasteiger partial charge in [-0.1, -0.05) is 0 Å². The maximum absolute atomic E-state index is 9.93. The first-order valence-electron chi connectivity index (χ1n) is 2.22. The molecule has 0 fully saturated rings. The highest BCUT2D eigenvalue weighted by molar-refractivity contribution is 5.71. The maximum Gasteiger partial charge on any atom is 0.310 e. The van der Waals surface area contributed by atoms with E-state index in [1.54, 1.807) is 0 Å². The zero-order valence-corrected chi connectivity index (χ0v) is 4.53. The Morgan fingerprint density at radius 2 is 2.25 bits per heavy atom. The van der Waals surface area contributed by atoms with E-state index < -0.39 is 11.9 Å². The van der Waals surface area contributed by atoms with Crippen molar-refractivity contribution in [2.24, 2.45) is 5.92 Å². The van der Waals surface area contributed by atoms with Crippen LogP contribution in [0.15, 0.2) is 12.3 Å². The van der Waals surface area contributed by atoms with Gasteiger partial charge in [0.2, 0.25) is 0 Å². The second kappa shape index (κ2) is 3.07. The molecule has 0 aliphatic rings. The van der Waals surface area contributed by atoms with E-state index in [2.05, 4.69) is 0 Å². The summed E-state index contributed by atoms with van der Waals surface area (Å²) in [7, 11) is 0. The van der Waals surface area contributed by atoms with Gasteiger partial charge >= 0.3 is 5.97 Å². The van der Waals surface area contributed by atoms with Crippen molar-refractivity contribution < 1.29 is 15.0 Å². The molecule has 3 heteroatoms. The standard InChI is InChI=1S/C5H8O3/c1-4(2-3-6)5(7)8/h2-4,6H,1H3,(H,7,8)/b3-2+. The predicted octanol–water partition coefficient (Wildman–Crippen LogP) is 0.779. The first kappa shape index (κ1) is 7.01. The van der Waals surface area contributed by atoms with Crippen LogP contribution in [0.2, 0.25) is 0 Å². The van der Waals surface area contributed by atoms with Gasteiger partial charge in [-0.05, 0) is 13.0 Å². The smallest absolute Gasteiger partial charge is 0.310 e. The molecule has 1 unspecified atom stereocenters. The number of carbonyl (C=O) groups is 1. The van der Waals surface area contributed by atoms with Crippen LogP contribution in [-0.2, 0) is 4.79 Å². The number of rotatable bonds is 2. The summed E-state index contributed by atoms with van der Waals surface area (Å²) in [5.41, 5.74) is 0. The Morgan fingerprint density at radius 1 is 1.75 bits per heavy atom. The molecule has 3 nitrogen and oxygen atoms in total. The SMILES string of the molecule is CC(/C=C/O)C(=O)O. The van der Waals surface area contributed by atoms with E-state index in [0.29, 0.717) is 0 Å². The van der Waals surface area contributed by atoms with Crippen LogP contribution in [0.3, 0.4) is 0 Å². The number of carboxylic acid groups (broad SMARTS) is 1. The zero-order chi connectivity index (χ0) is 6.57. The lowest BCUT2D eigenvalue weighted by Crippen LogP contribution is -2.05. The molecule has 0 heterocycles. The van der Waals surface area contributed by atoms with Gasteiger partial charge in [0.05, 0.1) is 12.2 Å². The molecule has 0 aromatic heterocycles. The van der Waals surface area contributed by atoms with Crippen molar-refractivity contribution in [2.45, 2.75) is 6.92 Å². The molecule has 0 aromatic carbocycles. The molecular weight excluding hydrogens is 108 g/mol. The highest BCUT2D eigenvalue weighted by Crippen LogP contribution is 1.93. The summed E-state index contributed by atoms with van der Waals surface area (Å²) in [5, 5.41) is 16.2. The Labute approximate surface area is 47.3 Å². The molecule has 0 aromatic rings. The highest BCUT2D eigenvalue weighted by Gasteiger charge is 2.03. The molecule has 0 aliphatic carbocycles. The minimum absolute atomic E-state index is 0.597. The lowest BCUT2D eigenvalue weighted by molar-refractivity contribution is -0.139. The van der Waals surface area contributed by atoms with E-state index in [1.807, 2.05) is 0 Å².